The molecule has 0 aromatic carbocycles. The van der Waals surface area contributed by atoms with Gasteiger partial charge >= 0.3 is 5.97 Å². The summed E-state index contributed by atoms with van der Waals surface area (Å²) in [4.78, 5) is 39.9. The van der Waals surface area contributed by atoms with Gasteiger partial charge in [0.2, 0.25) is 0 Å². The molecule has 3 rings (SSSR count). The Hall–Kier alpha value is -2.78. The van der Waals surface area contributed by atoms with E-state index in [0.29, 0.717) is 12.1 Å². The van der Waals surface area contributed by atoms with Crippen molar-refractivity contribution in [1.82, 2.24) is 14.8 Å². The number of thiocarbonyl (C=S) groups is 1. The van der Waals surface area contributed by atoms with Crippen LogP contribution in [0.1, 0.15) is 44.7 Å². The highest BCUT2D eigenvalue weighted by Gasteiger charge is 2.33. The third-order valence-electron chi connectivity index (χ3n) is 5.23. The van der Waals surface area contributed by atoms with Gasteiger partial charge in [0.1, 0.15) is 10.6 Å². The average Bonchev–Trinajstić information content (AvgIpc) is 3.13. The number of nitrogens with one attached hydrogen (secondary N) is 1. The highest BCUT2D eigenvalue weighted by Crippen LogP contribution is 2.35. The lowest BCUT2D eigenvalue weighted by Crippen LogP contribution is -2.53. The molecule has 0 unspecified atom stereocenters. The number of carbonyl (C=O) groups excluding carboxylic acids is 3. The zero-order valence-corrected chi connectivity index (χ0v) is 19.3. The number of thiophene rings is 1. The van der Waals surface area contributed by atoms with Gasteiger partial charge in [0, 0.05) is 22.8 Å². The van der Waals surface area contributed by atoms with Crippen LogP contribution in [0.25, 0.3) is 11.1 Å². The molecule has 2 aromatic heterocycles. The first-order valence-electron chi connectivity index (χ1n) is 9.38. The molecule has 0 atom stereocenters. The van der Waals surface area contributed by atoms with E-state index in [0.717, 1.165) is 32.4 Å². The molecule has 158 valence electrons. The lowest BCUT2D eigenvalue weighted by Gasteiger charge is -2.27. The molecule has 9 heteroatoms. The van der Waals surface area contributed by atoms with Crippen molar-refractivity contribution in [3.8, 4) is 5.00 Å². The fraction of sp³-hybridized carbons (Fsp3) is 0.333. The maximum Gasteiger partial charge on any atom is 0.341 e. The van der Waals surface area contributed by atoms with Gasteiger partial charge < -0.3 is 9.30 Å². The van der Waals surface area contributed by atoms with Crippen LogP contribution >= 0.6 is 23.6 Å². The van der Waals surface area contributed by atoms with Crippen molar-refractivity contribution in [1.29, 1.82) is 0 Å². The van der Waals surface area contributed by atoms with Gasteiger partial charge in [-0.25, -0.2) is 4.79 Å². The van der Waals surface area contributed by atoms with Crippen molar-refractivity contribution in [2.24, 2.45) is 0 Å². The standard InChI is InChI=1S/C21H23N3O4S2/c1-7-23-18(26)15(17(25)22-21(23)29)9-14-8-10(2)24(12(14)4)19-16(20(27)28-6)11(3)13(5)30-19/h8-9H,7H2,1-6H3,(H,22,25,29)/b15-9+. The predicted octanol–water partition coefficient (Wildman–Crippen LogP) is 3.21. The molecule has 2 aromatic rings. The average molecular weight is 446 g/mol. The summed E-state index contributed by atoms with van der Waals surface area (Å²) in [5.74, 6) is -1.33. The summed E-state index contributed by atoms with van der Waals surface area (Å²) in [5.41, 5.74) is 3.82. The van der Waals surface area contributed by atoms with Gasteiger partial charge in [0.05, 0.1) is 12.7 Å². The lowest BCUT2D eigenvalue weighted by molar-refractivity contribution is -0.128. The summed E-state index contributed by atoms with van der Waals surface area (Å²) < 4.78 is 6.95. The van der Waals surface area contributed by atoms with Crippen molar-refractivity contribution in [3.63, 3.8) is 0 Å². The number of rotatable bonds is 4. The van der Waals surface area contributed by atoms with Crippen LogP contribution in [-0.4, -0.2) is 46.0 Å². The molecule has 1 saturated heterocycles. The molecule has 1 fully saturated rings. The van der Waals surface area contributed by atoms with E-state index in [4.69, 9.17) is 17.0 Å². The fourth-order valence-corrected chi connectivity index (χ4v) is 5.05. The maximum atomic E-state index is 12.7. The monoisotopic (exact) mass is 445 g/mol. The predicted molar refractivity (Wildman–Crippen MR) is 120 cm³/mol. The van der Waals surface area contributed by atoms with Gasteiger partial charge in [0.25, 0.3) is 11.8 Å². The van der Waals surface area contributed by atoms with E-state index in [1.165, 1.54) is 23.3 Å². The lowest BCUT2D eigenvalue weighted by atomic mass is 10.1. The van der Waals surface area contributed by atoms with Crippen LogP contribution in [-0.2, 0) is 14.3 Å². The van der Waals surface area contributed by atoms with Crippen molar-refractivity contribution >= 4 is 52.5 Å². The van der Waals surface area contributed by atoms with Gasteiger partial charge in [-0.3, -0.25) is 19.8 Å². The number of aryl methyl sites for hydroxylation is 2. The van der Waals surface area contributed by atoms with Crippen molar-refractivity contribution in [3.05, 3.63) is 44.6 Å². The molecular formula is C21H23N3O4S2. The van der Waals surface area contributed by atoms with Gasteiger partial charge in [-0.15, -0.1) is 11.3 Å². The summed E-state index contributed by atoms with van der Waals surface area (Å²) in [6.45, 7) is 9.81. The highest BCUT2D eigenvalue weighted by atomic mass is 32.1. The quantitative estimate of drug-likeness (QED) is 0.338. The Kier molecular flexibility index (Phi) is 5.96. The Labute approximate surface area is 184 Å². The van der Waals surface area contributed by atoms with E-state index in [1.807, 2.05) is 38.3 Å². The van der Waals surface area contributed by atoms with Crippen LogP contribution in [0.15, 0.2) is 11.6 Å². The number of hydrogen-bond acceptors (Lipinski definition) is 6. The number of amides is 2. The first-order valence-corrected chi connectivity index (χ1v) is 10.6. The fourth-order valence-electron chi connectivity index (χ4n) is 3.49. The topological polar surface area (TPSA) is 80.6 Å². The van der Waals surface area contributed by atoms with E-state index in [1.54, 1.807) is 13.0 Å². The van der Waals surface area contributed by atoms with Crippen LogP contribution in [0, 0.1) is 27.7 Å². The Morgan fingerprint density at radius 1 is 1.27 bits per heavy atom. The molecule has 0 spiro atoms. The number of ether oxygens (including phenoxy) is 1. The van der Waals surface area contributed by atoms with Gasteiger partial charge in [0.15, 0.2) is 5.11 Å². The Balaban J connectivity index is 2.15. The highest BCUT2D eigenvalue weighted by molar-refractivity contribution is 7.80. The SMILES string of the molecule is CCN1C(=O)/C(=C/c2cc(C)n(-c3sc(C)c(C)c3C(=O)OC)c2C)C(=O)NC1=S. The summed E-state index contributed by atoms with van der Waals surface area (Å²) in [6.07, 6.45) is 1.58. The third kappa shape index (κ3) is 3.48. The van der Waals surface area contributed by atoms with Crippen LogP contribution < -0.4 is 5.32 Å². The van der Waals surface area contributed by atoms with Gasteiger partial charge in [-0.05, 0) is 70.1 Å². The van der Waals surface area contributed by atoms with E-state index in [9.17, 15) is 14.4 Å². The Bertz CT molecular complexity index is 1120. The van der Waals surface area contributed by atoms with Crippen LogP contribution in [0.5, 0.6) is 0 Å². The number of esters is 1. The van der Waals surface area contributed by atoms with Crippen molar-refractivity contribution < 1.29 is 19.1 Å². The van der Waals surface area contributed by atoms with E-state index in [-0.39, 0.29) is 10.7 Å². The molecule has 0 aliphatic carbocycles. The Morgan fingerprint density at radius 3 is 2.53 bits per heavy atom. The van der Waals surface area contributed by atoms with Crippen molar-refractivity contribution in [2.45, 2.75) is 34.6 Å². The third-order valence-corrected chi connectivity index (χ3v) is 6.75. The number of likely N-dealkylation sites (N-methyl/N-ethyl adjacent to an activating group) is 1. The zero-order chi connectivity index (χ0) is 22.3. The first-order chi connectivity index (χ1) is 14.1. The molecule has 0 saturated carbocycles. The summed E-state index contributed by atoms with van der Waals surface area (Å²) in [5, 5.41) is 3.43. The molecular weight excluding hydrogens is 422 g/mol. The minimum absolute atomic E-state index is 0.0254. The molecule has 3 heterocycles. The number of hydrogen-bond donors (Lipinski definition) is 1. The Morgan fingerprint density at radius 2 is 1.93 bits per heavy atom. The second-order valence-electron chi connectivity index (χ2n) is 6.98. The first kappa shape index (κ1) is 21.9. The molecule has 1 aliphatic rings. The summed E-state index contributed by atoms with van der Waals surface area (Å²) in [6, 6.07) is 1.89. The summed E-state index contributed by atoms with van der Waals surface area (Å²) >= 11 is 6.58. The van der Waals surface area contributed by atoms with E-state index >= 15 is 0 Å². The second kappa shape index (κ2) is 8.16. The number of nitrogens with zero attached hydrogens (tertiary/aromatic N) is 2. The summed E-state index contributed by atoms with van der Waals surface area (Å²) in [7, 11) is 1.36. The van der Waals surface area contributed by atoms with Crippen molar-refractivity contribution in [2.75, 3.05) is 13.7 Å². The number of methoxy groups -OCH3 is 1. The van der Waals surface area contributed by atoms with Crippen LogP contribution in [0.3, 0.4) is 0 Å². The molecule has 30 heavy (non-hydrogen) atoms. The largest absolute Gasteiger partial charge is 0.465 e. The smallest absolute Gasteiger partial charge is 0.341 e. The second-order valence-corrected chi connectivity index (χ2v) is 8.57. The molecule has 1 N–H and O–H groups in total. The van der Waals surface area contributed by atoms with Crippen LogP contribution in [0.2, 0.25) is 0 Å². The van der Waals surface area contributed by atoms with E-state index in [2.05, 4.69) is 5.32 Å². The molecule has 0 radical (unpaired) electrons. The maximum absolute atomic E-state index is 12.7. The minimum Gasteiger partial charge on any atom is -0.465 e. The van der Waals surface area contributed by atoms with E-state index < -0.39 is 17.8 Å². The molecule has 2 amide bonds. The molecule has 1 aliphatic heterocycles. The minimum atomic E-state index is -0.516. The van der Waals surface area contributed by atoms with Gasteiger partial charge in [-0.2, -0.15) is 0 Å². The number of aromatic nitrogens is 1. The van der Waals surface area contributed by atoms with Crippen LogP contribution in [0.4, 0.5) is 0 Å². The normalized spacial score (nSPS) is 15.7. The number of carbonyl (C=O) groups is 3. The molecule has 7 nitrogen and oxygen atoms in total. The zero-order valence-electron chi connectivity index (χ0n) is 17.7. The molecule has 0 bridgehead atoms. The van der Waals surface area contributed by atoms with Gasteiger partial charge in [-0.1, -0.05) is 0 Å².